The topological polar surface area (TPSA) is 110 Å². The molecule has 0 unspecified atom stereocenters. The zero-order valence-electron chi connectivity index (χ0n) is 10.6. The van der Waals surface area contributed by atoms with E-state index in [9.17, 15) is 9.59 Å². The van der Waals surface area contributed by atoms with Crippen LogP contribution in [0.15, 0.2) is 30.6 Å². The lowest BCUT2D eigenvalue weighted by molar-refractivity contribution is -0.136. The third-order valence-corrected chi connectivity index (χ3v) is 2.43. The molecule has 0 atom stereocenters. The monoisotopic (exact) mass is 275 g/mol. The first-order chi connectivity index (χ1) is 9.65. The highest BCUT2D eigenvalue weighted by Crippen LogP contribution is 2.11. The van der Waals surface area contributed by atoms with Crippen molar-refractivity contribution >= 4 is 11.9 Å². The minimum absolute atomic E-state index is 0.0144. The van der Waals surface area contributed by atoms with Crippen molar-refractivity contribution in [1.82, 2.24) is 25.3 Å². The van der Waals surface area contributed by atoms with Crippen LogP contribution in [0.5, 0.6) is 0 Å². The van der Waals surface area contributed by atoms with Crippen molar-refractivity contribution in [1.29, 1.82) is 0 Å². The summed E-state index contributed by atoms with van der Waals surface area (Å²) in [6.07, 6.45) is 3.15. The summed E-state index contributed by atoms with van der Waals surface area (Å²) >= 11 is 0. The fraction of sp³-hybridized carbons (Fsp3) is 0.250. The van der Waals surface area contributed by atoms with Gasteiger partial charge in [0, 0.05) is 12.7 Å². The maximum atomic E-state index is 11.5. The number of carbonyl (C=O) groups is 2. The summed E-state index contributed by atoms with van der Waals surface area (Å²) in [5.74, 6) is -1.27. The zero-order chi connectivity index (χ0) is 14.4. The predicted molar refractivity (Wildman–Crippen MR) is 68.5 cm³/mol. The van der Waals surface area contributed by atoms with Crippen molar-refractivity contribution in [2.45, 2.75) is 13.0 Å². The number of carboxylic acids is 1. The van der Waals surface area contributed by atoms with Gasteiger partial charge in [0.15, 0.2) is 0 Å². The Morgan fingerprint density at radius 1 is 1.30 bits per heavy atom. The molecule has 0 radical (unpaired) electrons. The average Bonchev–Trinajstić information content (AvgIpc) is 2.88. The predicted octanol–water partition coefficient (Wildman–Crippen LogP) is -0.0690. The zero-order valence-corrected chi connectivity index (χ0v) is 10.6. The minimum Gasteiger partial charge on any atom is -0.481 e. The Labute approximate surface area is 114 Å². The summed E-state index contributed by atoms with van der Waals surface area (Å²) in [5.41, 5.74) is 1.24. The molecule has 104 valence electrons. The lowest BCUT2D eigenvalue weighted by Crippen LogP contribution is -2.29. The molecule has 20 heavy (non-hydrogen) atoms. The van der Waals surface area contributed by atoms with Gasteiger partial charge >= 0.3 is 5.97 Å². The number of hydrogen-bond acceptors (Lipinski definition) is 5. The van der Waals surface area contributed by atoms with Crippen LogP contribution in [0.1, 0.15) is 6.42 Å². The van der Waals surface area contributed by atoms with Crippen molar-refractivity contribution in [3.05, 3.63) is 30.6 Å². The van der Waals surface area contributed by atoms with Gasteiger partial charge in [-0.05, 0) is 12.1 Å². The molecule has 0 saturated carbocycles. The van der Waals surface area contributed by atoms with Gasteiger partial charge in [-0.15, -0.1) is 5.10 Å². The molecule has 8 heteroatoms. The molecule has 2 aromatic heterocycles. The molecule has 0 spiro atoms. The molecule has 2 heterocycles. The molecular formula is C12H13N5O3. The fourth-order valence-electron chi connectivity index (χ4n) is 1.52. The Kier molecular flexibility index (Phi) is 4.38. The summed E-state index contributed by atoms with van der Waals surface area (Å²) in [6, 6.07) is 5.42. The van der Waals surface area contributed by atoms with Gasteiger partial charge in [-0.1, -0.05) is 11.3 Å². The van der Waals surface area contributed by atoms with Crippen molar-refractivity contribution in [2.24, 2.45) is 0 Å². The van der Waals surface area contributed by atoms with E-state index >= 15 is 0 Å². The third-order valence-electron chi connectivity index (χ3n) is 2.43. The summed E-state index contributed by atoms with van der Waals surface area (Å²) in [5, 5.41) is 18.7. The molecule has 0 aliphatic rings. The number of carbonyl (C=O) groups excluding carboxylic acids is 1. The molecule has 0 aromatic carbocycles. The standard InChI is InChI=1S/C12H13N5O3/c18-11(14-6-4-12(19)20)8-17-7-10(15-16-17)9-3-1-2-5-13-9/h1-3,5,7H,4,6,8H2,(H,14,18)(H,19,20). The van der Waals surface area contributed by atoms with E-state index < -0.39 is 5.97 Å². The van der Waals surface area contributed by atoms with E-state index in [1.54, 1.807) is 24.5 Å². The van der Waals surface area contributed by atoms with E-state index in [4.69, 9.17) is 5.11 Å². The molecule has 2 N–H and O–H groups in total. The van der Waals surface area contributed by atoms with Gasteiger partial charge in [0.1, 0.15) is 12.2 Å². The fourth-order valence-corrected chi connectivity index (χ4v) is 1.52. The van der Waals surface area contributed by atoms with E-state index in [0.29, 0.717) is 11.4 Å². The van der Waals surface area contributed by atoms with Crippen molar-refractivity contribution < 1.29 is 14.7 Å². The number of pyridine rings is 1. The van der Waals surface area contributed by atoms with Gasteiger partial charge in [0.25, 0.3) is 0 Å². The van der Waals surface area contributed by atoms with Gasteiger partial charge < -0.3 is 10.4 Å². The second kappa shape index (κ2) is 6.41. The number of aromatic nitrogens is 4. The lowest BCUT2D eigenvalue weighted by atomic mass is 10.3. The van der Waals surface area contributed by atoms with Gasteiger partial charge in [0.2, 0.25) is 5.91 Å². The summed E-state index contributed by atoms with van der Waals surface area (Å²) in [7, 11) is 0. The molecule has 0 aliphatic carbocycles. The average molecular weight is 275 g/mol. The van der Waals surface area contributed by atoms with Crippen LogP contribution in [-0.2, 0) is 16.1 Å². The number of carboxylic acid groups (broad SMARTS) is 1. The molecular weight excluding hydrogens is 262 g/mol. The van der Waals surface area contributed by atoms with Crippen LogP contribution in [-0.4, -0.2) is 43.5 Å². The van der Waals surface area contributed by atoms with Gasteiger partial charge in [-0.25, -0.2) is 4.68 Å². The minimum atomic E-state index is -0.955. The molecule has 2 aromatic rings. The van der Waals surface area contributed by atoms with Crippen molar-refractivity contribution in [3.63, 3.8) is 0 Å². The molecule has 0 saturated heterocycles. The van der Waals surface area contributed by atoms with Crippen molar-refractivity contribution in [3.8, 4) is 11.4 Å². The summed E-state index contributed by atoms with van der Waals surface area (Å²) < 4.78 is 1.38. The second-order valence-corrected chi connectivity index (χ2v) is 4.01. The van der Waals surface area contributed by atoms with E-state index in [1.165, 1.54) is 4.68 Å². The Morgan fingerprint density at radius 2 is 2.15 bits per heavy atom. The van der Waals surface area contributed by atoms with Crippen LogP contribution < -0.4 is 5.32 Å². The van der Waals surface area contributed by atoms with Crippen LogP contribution in [0, 0.1) is 0 Å². The number of aliphatic carboxylic acids is 1. The summed E-state index contributed by atoms with van der Waals surface area (Å²) in [4.78, 5) is 26.0. The van der Waals surface area contributed by atoms with Crippen molar-refractivity contribution in [2.75, 3.05) is 6.54 Å². The Balaban J connectivity index is 1.90. The first-order valence-electron chi connectivity index (χ1n) is 5.95. The van der Waals surface area contributed by atoms with E-state index in [1.807, 2.05) is 6.07 Å². The van der Waals surface area contributed by atoms with E-state index in [2.05, 4.69) is 20.6 Å². The molecule has 1 amide bonds. The quantitative estimate of drug-likeness (QED) is 0.763. The number of rotatable bonds is 6. The molecule has 0 fully saturated rings. The summed E-state index contributed by atoms with van der Waals surface area (Å²) in [6.45, 7) is 0.0788. The number of nitrogens with zero attached hydrogens (tertiary/aromatic N) is 4. The highest BCUT2D eigenvalue weighted by atomic mass is 16.4. The normalized spacial score (nSPS) is 10.2. The molecule has 8 nitrogen and oxygen atoms in total. The highest BCUT2D eigenvalue weighted by molar-refractivity contribution is 5.76. The molecule has 0 aliphatic heterocycles. The van der Waals surface area contributed by atoms with Crippen LogP contribution >= 0.6 is 0 Å². The van der Waals surface area contributed by atoms with E-state index in [0.717, 1.165) is 0 Å². The van der Waals surface area contributed by atoms with Gasteiger partial charge in [0.05, 0.1) is 18.3 Å². The Morgan fingerprint density at radius 3 is 2.85 bits per heavy atom. The van der Waals surface area contributed by atoms with Crippen LogP contribution in [0.3, 0.4) is 0 Å². The van der Waals surface area contributed by atoms with Crippen LogP contribution in [0.4, 0.5) is 0 Å². The number of nitrogens with one attached hydrogen (secondary N) is 1. The lowest BCUT2D eigenvalue weighted by Gasteiger charge is -2.02. The maximum Gasteiger partial charge on any atom is 0.305 e. The first kappa shape index (κ1) is 13.7. The Hall–Kier alpha value is -2.77. The van der Waals surface area contributed by atoms with E-state index in [-0.39, 0.29) is 25.4 Å². The molecule has 2 rings (SSSR count). The second-order valence-electron chi connectivity index (χ2n) is 4.01. The number of amides is 1. The third kappa shape index (κ3) is 3.87. The van der Waals surface area contributed by atoms with Gasteiger partial charge in [-0.3, -0.25) is 14.6 Å². The number of hydrogen-bond donors (Lipinski definition) is 2. The smallest absolute Gasteiger partial charge is 0.305 e. The maximum absolute atomic E-state index is 11.5. The highest BCUT2D eigenvalue weighted by Gasteiger charge is 2.08. The largest absolute Gasteiger partial charge is 0.481 e. The molecule has 0 bridgehead atoms. The first-order valence-corrected chi connectivity index (χ1v) is 5.95. The van der Waals surface area contributed by atoms with Crippen LogP contribution in [0.2, 0.25) is 0 Å². The van der Waals surface area contributed by atoms with Gasteiger partial charge in [-0.2, -0.15) is 0 Å². The Bertz CT molecular complexity index is 596. The SMILES string of the molecule is O=C(O)CCNC(=O)Cn1cc(-c2ccccn2)nn1. The van der Waals surface area contributed by atoms with Crippen LogP contribution in [0.25, 0.3) is 11.4 Å².